The summed E-state index contributed by atoms with van der Waals surface area (Å²) in [6.07, 6.45) is 0. The molecule has 1 amide bonds. The molecule has 184 valence electrons. The zero-order valence-electron chi connectivity index (χ0n) is 20.1. The molecule has 0 fully saturated rings. The lowest BCUT2D eigenvalue weighted by Gasteiger charge is -2.20. The molecule has 3 rings (SSSR count). The molecule has 34 heavy (non-hydrogen) atoms. The summed E-state index contributed by atoms with van der Waals surface area (Å²) in [5.41, 5.74) is 1.13. The van der Waals surface area contributed by atoms with Crippen LogP contribution in [0.4, 0.5) is 0 Å². The predicted molar refractivity (Wildman–Crippen MR) is 131 cm³/mol. The molecule has 0 aliphatic rings. The maximum atomic E-state index is 13.0. The number of thiazole rings is 1. The lowest BCUT2D eigenvalue weighted by Crippen LogP contribution is -2.33. The molecule has 0 saturated carbocycles. The number of hydrogen-bond donors (Lipinski definition) is 0. The van der Waals surface area contributed by atoms with Crippen molar-refractivity contribution in [3.05, 3.63) is 46.8 Å². The van der Waals surface area contributed by atoms with Crippen LogP contribution in [0.5, 0.6) is 11.5 Å². The van der Waals surface area contributed by atoms with Gasteiger partial charge >= 0.3 is 0 Å². The number of ether oxygens (including phenoxy) is 3. The van der Waals surface area contributed by atoms with Gasteiger partial charge in [-0.05, 0) is 38.1 Å². The highest BCUT2D eigenvalue weighted by atomic mass is 32.2. The third-order valence-electron chi connectivity index (χ3n) is 5.41. The Hall–Kier alpha value is -2.73. The Morgan fingerprint density at radius 3 is 2.26 bits per heavy atom. The fraction of sp³-hybridized carbons (Fsp3) is 0.391. The van der Waals surface area contributed by atoms with Crippen molar-refractivity contribution in [1.29, 1.82) is 0 Å². The molecule has 0 aliphatic carbocycles. The molecule has 0 bridgehead atoms. The van der Waals surface area contributed by atoms with Gasteiger partial charge in [0.25, 0.3) is 5.91 Å². The van der Waals surface area contributed by atoms with Crippen LogP contribution in [-0.2, 0) is 21.3 Å². The first kappa shape index (κ1) is 25.9. The molecule has 11 heteroatoms. The number of carbonyl (C=O) groups excluding carboxylic acids is 1. The average molecular weight is 508 g/mol. The normalized spacial score (nSPS) is 12.6. The van der Waals surface area contributed by atoms with Gasteiger partial charge in [0.1, 0.15) is 0 Å². The number of fused-ring (bicyclic) bond motifs is 1. The van der Waals surface area contributed by atoms with Gasteiger partial charge in [-0.2, -0.15) is 9.30 Å². The van der Waals surface area contributed by atoms with E-state index in [1.807, 2.05) is 16.7 Å². The third-order valence-corrected chi connectivity index (χ3v) is 8.50. The summed E-state index contributed by atoms with van der Waals surface area (Å²) < 4.78 is 45.4. The van der Waals surface area contributed by atoms with Gasteiger partial charge in [-0.15, -0.1) is 0 Å². The topological polar surface area (TPSA) is 99.4 Å². The lowest BCUT2D eigenvalue weighted by molar-refractivity contribution is 0.0997. The minimum absolute atomic E-state index is 0.122. The van der Waals surface area contributed by atoms with E-state index in [4.69, 9.17) is 14.2 Å². The molecule has 0 spiro atoms. The Bertz CT molecular complexity index is 1340. The number of sulfonamides is 1. The van der Waals surface area contributed by atoms with Gasteiger partial charge in [-0.3, -0.25) is 4.79 Å². The molecule has 0 radical (unpaired) electrons. The molecule has 0 N–H and O–H groups in total. The van der Waals surface area contributed by atoms with Crippen LogP contribution in [0.3, 0.4) is 0 Å². The van der Waals surface area contributed by atoms with E-state index in [-0.39, 0.29) is 16.5 Å². The van der Waals surface area contributed by atoms with Gasteiger partial charge in [-0.1, -0.05) is 11.3 Å². The van der Waals surface area contributed by atoms with Crippen LogP contribution in [0.15, 0.2) is 46.3 Å². The quantitative estimate of drug-likeness (QED) is 0.441. The van der Waals surface area contributed by atoms with Crippen LogP contribution in [0.1, 0.15) is 24.2 Å². The summed E-state index contributed by atoms with van der Waals surface area (Å²) in [6, 6.07) is 9.31. The number of benzene rings is 2. The first-order valence-corrected chi connectivity index (χ1v) is 12.8. The number of nitrogens with zero attached hydrogens (tertiary/aromatic N) is 3. The van der Waals surface area contributed by atoms with E-state index in [1.54, 1.807) is 35.2 Å². The molecule has 0 atom stereocenters. The molecular weight excluding hydrogens is 478 g/mol. The molecule has 0 aliphatic heterocycles. The molecule has 1 aromatic heterocycles. The fourth-order valence-corrected chi connectivity index (χ4v) is 5.68. The molecule has 1 heterocycles. The van der Waals surface area contributed by atoms with E-state index in [9.17, 15) is 13.2 Å². The molecular formula is C23H29N3O6S2. The average Bonchev–Trinajstić information content (AvgIpc) is 3.16. The van der Waals surface area contributed by atoms with Crippen molar-refractivity contribution in [3.8, 4) is 11.5 Å². The Morgan fingerprint density at radius 2 is 1.71 bits per heavy atom. The Labute approximate surface area is 203 Å². The predicted octanol–water partition coefficient (Wildman–Crippen LogP) is 3.14. The Balaban J connectivity index is 2.03. The second-order valence-electron chi connectivity index (χ2n) is 7.76. The first-order valence-electron chi connectivity index (χ1n) is 10.6. The molecule has 3 aromatic rings. The first-order chi connectivity index (χ1) is 16.1. The van der Waals surface area contributed by atoms with Crippen molar-refractivity contribution in [2.24, 2.45) is 4.99 Å². The summed E-state index contributed by atoms with van der Waals surface area (Å²) in [7, 11) is 2.62. The van der Waals surface area contributed by atoms with Crippen molar-refractivity contribution in [1.82, 2.24) is 8.87 Å². The second kappa shape index (κ2) is 10.7. The van der Waals surface area contributed by atoms with E-state index in [0.29, 0.717) is 29.5 Å². The smallest absolute Gasteiger partial charge is 0.279 e. The number of carbonyl (C=O) groups is 1. The number of amides is 1. The van der Waals surface area contributed by atoms with Gasteiger partial charge in [0.2, 0.25) is 10.0 Å². The van der Waals surface area contributed by atoms with Crippen molar-refractivity contribution in [3.63, 3.8) is 0 Å². The number of hydrogen-bond acceptors (Lipinski definition) is 7. The molecule has 0 unspecified atom stereocenters. The number of aromatic nitrogens is 1. The summed E-state index contributed by atoms with van der Waals surface area (Å²) in [5.74, 6) is 0.675. The third kappa shape index (κ3) is 5.17. The largest absolute Gasteiger partial charge is 0.493 e. The van der Waals surface area contributed by atoms with Crippen LogP contribution in [-0.4, -0.2) is 64.2 Å². The van der Waals surface area contributed by atoms with Crippen molar-refractivity contribution in [2.75, 3.05) is 35.0 Å². The van der Waals surface area contributed by atoms with E-state index in [2.05, 4.69) is 4.99 Å². The van der Waals surface area contributed by atoms with Crippen LogP contribution in [0.2, 0.25) is 0 Å². The zero-order valence-corrected chi connectivity index (χ0v) is 21.7. The Kier molecular flexibility index (Phi) is 8.13. The van der Waals surface area contributed by atoms with Crippen molar-refractivity contribution >= 4 is 37.5 Å². The SMILES string of the molecule is COCCn1c(=NC(=O)c2ccc(S(=O)(=O)N(C)C(C)C)cc2)sc2cc(OC)c(OC)cc21. The van der Waals surface area contributed by atoms with Gasteiger partial charge < -0.3 is 18.8 Å². The van der Waals surface area contributed by atoms with Crippen molar-refractivity contribution in [2.45, 2.75) is 31.3 Å². The highest BCUT2D eigenvalue weighted by Crippen LogP contribution is 2.33. The summed E-state index contributed by atoms with van der Waals surface area (Å²) in [6.45, 7) is 4.50. The maximum absolute atomic E-state index is 13.0. The van der Waals surface area contributed by atoms with Gasteiger partial charge in [-0.25, -0.2) is 8.42 Å². The molecule has 0 saturated heterocycles. The Morgan fingerprint density at radius 1 is 1.09 bits per heavy atom. The van der Waals surface area contributed by atoms with Gasteiger partial charge in [0.15, 0.2) is 16.3 Å². The monoisotopic (exact) mass is 507 g/mol. The summed E-state index contributed by atoms with van der Waals surface area (Å²) >= 11 is 1.34. The van der Waals surface area contributed by atoms with Crippen LogP contribution in [0.25, 0.3) is 10.2 Å². The minimum atomic E-state index is -3.64. The van der Waals surface area contributed by atoms with Crippen molar-refractivity contribution < 1.29 is 27.4 Å². The molecule has 2 aromatic carbocycles. The maximum Gasteiger partial charge on any atom is 0.279 e. The van der Waals surface area contributed by atoms with Crippen LogP contribution < -0.4 is 14.3 Å². The summed E-state index contributed by atoms with van der Waals surface area (Å²) in [4.78, 5) is 17.9. The standard InChI is InChI=1S/C23H29N3O6S2/c1-15(2)25(3)34(28,29)17-9-7-16(8-10-17)22(27)24-23-26(11-12-30-4)18-13-19(31-5)20(32-6)14-21(18)33-23/h7-10,13-15H,11-12H2,1-6H3. The van der Waals surface area contributed by atoms with Gasteiger partial charge in [0.05, 0.1) is 35.9 Å². The lowest BCUT2D eigenvalue weighted by atomic mass is 10.2. The van der Waals surface area contributed by atoms with Crippen LogP contribution >= 0.6 is 11.3 Å². The zero-order chi connectivity index (χ0) is 25.0. The highest BCUT2D eigenvalue weighted by Gasteiger charge is 2.23. The van der Waals surface area contributed by atoms with Crippen LogP contribution in [0, 0.1) is 0 Å². The van der Waals surface area contributed by atoms with E-state index in [1.165, 1.54) is 47.0 Å². The summed E-state index contributed by atoms with van der Waals surface area (Å²) in [5, 5.41) is 0. The highest BCUT2D eigenvalue weighted by molar-refractivity contribution is 7.89. The molecule has 9 nitrogen and oxygen atoms in total. The van der Waals surface area contributed by atoms with E-state index < -0.39 is 15.9 Å². The van der Waals surface area contributed by atoms with E-state index >= 15 is 0 Å². The number of rotatable bonds is 9. The number of methoxy groups -OCH3 is 3. The second-order valence-corrected chi connectivity index (χ2v) is 10.8. The van der Waals surface area contributed by atoms with Gasteiger partial charge in [0, 0.05) is 44.4 Å². The van der Waals surface area contributed by atoms with E-state index in [0.717, 1.165) is 10.2 Å². The minimum Gasteiger partial charge on any atom is -0.493 e. The fourth-order valence-electron chi connectivity index (χ4n) is 3.25.